The molecule has 4 nitrogen and oxygen atoms in total. The minimum Gasteiger partial charge on any atom is -0.339 e. The first kappa shape index (κ1) is 12.2. The van der Waals surface area contributed by atoms with E-state index in [1.807, 2.05) is 11.0 Å². The zero-order valence-corrected chi connectivity index (χ0v) is 9.70. The Balaban J connectivity index is 2.44. The summed E-state index contributed by atoms with van der Waals surface area (Å²) in [6.07, 6.45) is 1.89. The van der Waals surface area contributed by atoms with Crippen LogP contribution >= 0.6 is 0 Å². The van der Waals surface area contributed by atoms with Gasteiger partial charge in [0.1, 0.15) is 0 Å². The Morgan fingerprint density at radius 1 is 1.40 bits per heavy atom. The molecule has 1 fully saturated rings. The van der Waals surface area contributed by atoms with Gasteiger partial charge in [-0.1, -0.05) is 6.08 Å². The summed E-state index contributed by atoms with van der Waals surface area (Å²) in [6.45, 7) is 11.5. The van der Waals surface area contributed by atoms with Crippen LogP contribution in [0.2, 0.25) is 0 Å². The molecule has 1 rings (SSSR count). The van der Waals surface area contributed by atoms with Gasteiger partial charge in [0.2, 0.25) is 5.91 Å². The lowest BCUT2D eigenvalue weighted by Crippen LogP contribution is -2.56. The molecule has 0 unspecified atom stereocenters. The first-order chi connectivity index (χ1) is 6.95. The van der Waals surface area contributed by atoms with Gasteiger partial charge in [-0.25, -0.2) is 0 Å². The number of piperazine rings is 1. The van der Waals surface area contributed by atoms with Crippen LogP contribution in [-0.4, -0.2) is 54.0 Å². The summed E-state index contributed by atoms with van der Waals surface area (Å²) in [6, 6.07) is 0. The summed E-state index contributed by atoms with van der Waals surface area (Å²) in [7, 11) is 0. The highest BCUT2D eigenvalue weighted by molar-refractivity contribution is 5.85. The van der Waals surface area contributed by atoms with Crippen LogP contribution in [0, 0.1) is 0 Å². The Kier molecular flexibility index (Phi) is 3.88. The molecule has 0 aromatic carbocycles. The zero-order valence-electron chi connectivity index (χ0n) is 9.70. The Bertz CT molecular complexity index is 237. The summed E-state index contributed by atoms with van der Waals surface area (Å²) in [5.41, 5.74) is 5.03. The zero-order chi connectivity index (χ0) is 11.5. The van der Waals surface area contributed by atoms with Gasteiger partial charge in [0.15, 0.2) is 0 Å². The molecule has 4 heteroatoms. The summed E-state index contributed by atoms with van der Waals surface area (Å²) < 4.78 is 0. The number of nitrogens with zero attached hydrogens (tertiary/aromatic N) is 2. The smallest absolute Gasteiger partial charge is 0.242 e. The number of rotatable bonds is 3. The third-order valence-electron chi connectivity index (χ3n) is 2.60. The molecule has 0 saturated carbocycles. The van der Waals surface area contributed by atoms with Crippen molar-refractivity contribution in [1.29, 1.82) is 0 Å². The fraction of sp³-hybridized carbons (Fsp3) is 0.727. The second-order valence-corrected chi connectivity index (χ2v) is 4.60. The van der Waals surface area contributed by atoms with Crippen molar-refractivity contribution in [3.63, 3.8) is 0 Å². The highest BCUT2D eigenvalue weighted by Gasteiger charge is 2.29. The quantitative estimate of drug-likeness (QED) is 0.671. The fourth-order valence-electron chi connectivity index (χ4n) is 1.72. The van der Waals surface area contributed by atoms with E-state index in [4.69, 9.17) is 5.73 Å². The van der Waals surface area contributed by atoms with Crippen LogP contribution in [0.1, 0.15) is 13.8 Å². The maximum Gasteiger partial charge on any atom is 0.242 e. The Labute approximate surface area is 91.7 Å². The molecule has 2 N–H and O–H groups in total. The third kappa shape index (κ3) is 3.32. The van der Waals surface area contributed by atoms with Gasteiger partial charge in [-0.2, -0.15) is 0 Å². The first-order valence-electron chi connectivity index (χ1n) is 5.36. The van der Waals surface area contributed by atoms with Crippen molar-refractivity contribution in [2.24, 2.45) is 5.73 Å². The largest absolute Gasteiger partial charge is 0.339 e. The van der Waals surface area contributed by atoms with E-state index in [1.165, 1.54) is 0 Å². The van der Waals surface area contributed by atoms with E-state index >= 15 is 0 Å². The number of nitrogens with two attached hydrogens (primary N) is 1. The summed E-state index contributed by atoms with van der Waals surface area (Å²) in [5, 5.41) is 0. The van der Waals surface area contributed by atoms with Crippen LogP contribution < -0.4 is 5.73 Å². The molecule has 1 heterocycles. The number of carbonyl (C=O) groups is 1. The van der Waals surface area contributed by atoms with Gasteiger partial charge >= 0.3 is 0 Å². The van der Waals surface area contributed by atoms with Crippen LogP contribution in [0.4, 0.5) is 0 Å². The van der Waals surface area contributed by atoms with E-state index in [0.29, 0.717) is 0 Å². The molecule has 0 aliphatic carbocycles. The molecule has 0 atom stereocenters. The standard InChI is InChI=1S/C11H21N3O/c1-4-5-13-6-8-14(9-7-13)10(15)11(2,3)12/h4H,1,5-9,12H2,2-3H3. The van der Waals surface area contributed by atoms with Gasteiger partial charge in [0.25, 0.3) is 0 Å². The number of carbonyl (C=O) groups excluding carboxylic acids is 1. The minimum atomic E-state index is -0.749. The summed E-state index contributed by atoms with van der Waals surface area (Å²) in [5.74, 6) is 0.0424. The highest BCUT2D eigenvalue weighted by Crippen LogP contribution is 2.08. The van der Waals surface area contributed by atoms with Crippen LogP contribution in [0.25, 0.3) is 0 Å². The van der Waals surface area contributed by atoms with Gasteiger partial charge in [0, 0.05) is 32.7 Å². The first-order valence-corrected chi connectivity index (χ1v) is 5.36. The van der Waals surface area contributed by atoms with E-state index in [-0.39, 0.29) is 5.91 Å². The van der Waals surface area contributed by atoms with Crippen molar-refractivity contribution in [1.82, 2.24) is 9.80 Å². The van der Waals surface area contributed by atoms with E-state index in [0.717, 1.165) is 32.7 Å². The van der Waals surface area contributed by atoms with Crippen molar-refractivity contribution in [2.45, 2.75) is 19.4 Å². The van der Waals surface area contributed by atoms with Crippen molar-refractivity contribution in [3.8, 4) is 0 Å². The van der Waals surface area contributed by atoms with Gasteiger partial charge in [-0.05, 0) is 13.8 Å². The van der Waals surface area contributed by atoms with Crippen LogP contribution in [-0.2, 0) is 4.79 Å². The van der Waals surface area contributed by atoms with Gasteiger partial charge < -0.3 is 10.6 Å². The lowest BCUT2D eigenvalue weighted by Gasteiger charge is -2.37. The maximum atomic E-state index is 11.8. The van der Waals surface area contributed by atoms with E-state index < -0.39 is 5.54 Å². The van der Waals surface area contributed by atoms with E-state index in [2.05, 4.69) is 11.5 Å². The number of amides is 1. The van der Waals surface area contributed by atoms with Gasteiger partial charge in [-0.15, -0.1) is 6.58 Å². The SMILES string of the molecule is C=CCN1CCN(C(=O)C(C)(C)N)CC1. The highest BCUT2D eigenvalue weighted by atomic mass is 16.2. The van der Waals surface area contributed by atoms with E-state index in [1.54, 1.807) is 13.8 Å². The topological polar surface area (TPSA) is 49.6 Å². The van der Waals surface area contributed by atoms with E-state index in [9.17, 15) is 4.79 Å². The molecular formula is C11H21N3O. The molecular weight excluding hydrogens is 190 g/mol. The summed E-state index contributed by atoms with van der Waals surface area (Å²) in [4.78, 5) is 16.0. The molecule has 86 valence electrons. The average molecular weight is 211 g/mol. The fourth-order valence-corrected chi connectivity index (χ4v) is 1.72. The second-order valence-electron chi connectivity index (χ2n) is 4.60. The van der Waals surface area contributed by atoms with Gasteiger partial charge in [0.05, 0.1) is 5.54 Å². The Morgan fingerprint density at radius 2 is 1.93 bits per heavy atom. The van der Waals surface area contributed by atoms with Crippen molar-refractivity contribution in [2.75, 3.05) is 32.7 Å². The monoisotopic (exact) mass is 211 g/mol. The maximum absolute atomic E-state index is 11.8. The average Bonchev–Trinajstić information content (AvgIpc) is 2.17. The lowest BCUT2D eigenvalue weighted by atomic mass is 10.0. The predicted octanol–water partition coefficient (Wildman–Crippen LogP) is 0.0539. The summed E-state index contributed by atoms with van der Waals surface area (Å²) >= 11 is 0. The molecule has 0 spiro atoms. The molecule has 1 aliphatic rings. The van der Waals surface area contributed by atoms with Gasteiger partial charge in [-0.3, -0.25) is 9.69 Å². The molecule has 1 aliphatic heterocycles. The lowest BCUT2D eigenvalue weighted by molar-refractivity contribution is -0.137. The van der Waals surface area contributed by atoms with Crippen LogP contribution in [0.5, 0.6) is 0 Å². The van der Waals surface area contributed by atoms with Crippen molar-refractivity contribution >= 4 is 5.91 Å². The predicted molar refractivity (Wildman–Crippen MR) is 61.5 cm³/mol. The molecule has 1 amide bonds. The second kappa shape index (κ2) is 4.77. The van der Waals surface area contributed by atoms with Crippen LogP contribution in [0.15, 0.2) is 12.7 Å². The molecule has 0 radical (unpaired) electrons. The molecule has 1 saturated heterocycles. The minimum absolute atomic E-state index is 0.0424. The van der Waals surface area contributed by atoms with Crippen molar-refractivity contribution < 1.29 is 4.79 Å². The third-order valence-corrected chi connectivity index (χ3v) is 2.60. The van der Waals surface area contributed by atoms with Crippen molar-refractivity contribution in [3.05, 3.63) is 12.7 Å². The Morgan fingerprint density at radius 3 is 2.33 bits per heavy atom. The molecule has 0 aromatic rings. The Hall–Kier alpha value is -0.870. The molecule has 0 bridgehead atoms. The molecule has 15 heavy (non-hydrogen) atoms. The number of hydrogen-bond donors (Lipinski definition) is 1. The molecule has 0 aromatic heterocycles. The normalized spacial score (nSPS) is 19.0. The van der Waals surface area contributed by atoms with Crippen LogP contribution in [0.3, 0.4) is 0 Å². The number of hydrogen-bond acceptors (Lipinski definition) is 3.